The van der Waals surface area contributed by atoms with Crippen LogP contribution in [-0.2, 0) is 4.79 Å². The van der Waals surface area contributed by atoms with Crippen LogP contribution >= 0.6 is 0 Å². The first kappa shape index (κ1) is 10.7. The Labute approximate surface area is 80.9 Å². The quantitative estimate of drug-likeness (QED) is 0.728. The van der Waals surface area contributed by atoms with E-state index < -0.39 is 0 Å². The molecule has 0 amide bonds. The number of carbonyl (C=O) groups is 1. The maximum Gasteiger partial charge on any atom is 0.152 e. The lowest BCUT2D eigenvalue weighted by Crippen LogP contribution is -2.36. The first-order chi connectivity index (χ1) is 6.15. The Morgan fingerprint density at radius 3 is 2.77 bits per heavy atom. The third-order valence-electron chi connectivity index (χ3n) is 3.14. The lowest BCUT2D eigenvalue weighted by Gasteiger charge is -2.27. The number of nitrogens with two attached hydrogens (primary N) is 1. The largest absolute Gasteiger partial charge is 0.322 e. The highest BCUT2D eigenvalue weighted by molar-refractivity contribution is 5.86. The summed E-state index contributed by atoms with van der Waals surface area (Å²) in [5, 5.41) is 0. The molecule has 2 nitrogen and oxygen atoms in total. The van der Waals surface area contributed by atoms with Crippen molar-refractivity contribution in [3.8, 4) is 0 Å². The molecule has 0 aromatic carbocycles. The van der Waals surface area contributed by atoms with Crippen LogP contribution in [0.2, 0.25) is 0 Å². The van der Waals surface area contributed by atoms with Crippen LogP contribution in [-0.4, -0.2) is 11.8 Å². The Morgan fingerprint density at radius 1 is 1.54 bits per heavy atom. The van der Waals surface area contributed by atoms with Gasteiger partial charge in [0, 0.05) is 5.92 Å². The van der Waals surface area contributed by atoms with Gasteiger partial charge in [0.15, 0.2) is 5.78 Å². The lowest BCUT2D eigenvalue weighted by atomic mass is 9.78. The third kappa shape index (κ3) is 2.80. The second-order valence-corrected chi connectivity index (χ2v) is 4.39. The molecular formula is C11H21NO. The van der Waals surface area contributed by atoms with Crippen LogP contribution in [0.15, 0.2) is 0 Å². The van der Waals surface area contributed by atoms with E-state index >= 15 is 0 Å². The van der Waals surface area contributed by atoms with Crippen LogP contribution in [0, 0.1) is 11.8 Å². The molecule has 1 aliphatic rings. The molecule has 3 unspecified atom stereocenters. The van der Waals surface area contributed by atoms with Crippen LogP contribution < -0.4 is 5.73 Å². The Kier molecular flexibility index (Phi) is 3.91. The minimum atomic E-state index is -0.213. The van der Waals surface area contributed by atoms with Gasteiger partial charge in [0.1, 0.15) is 0 Å². The summed E-state index contributed by atoms with van der Waals surface area (Å²) in [6.07, 6.45) is 5.40. The summed E-state index contributed by atoms with van der Waals surface area (Å²) in [7, 11) is 0. The van der Waals surface area contributed by atoms with Crippen LogP contribution in [0.1, 0.15) is 46.0 Å². The molecule has 0 bridgehead atoms. The zero-order valence-electron chi connectivity index (χ0n) is 8.75. The number of Topliss-reactive ketones (excluding diaryl/α,β-unsaturated/α-hetero) is 1. The topological polar surface area (TPSA) is 43.1 Å². The van der Waals surface area contributed by atoms with Crippen molar-refractivity contribution in [2.24, 2.45) is 17.6 Å². The first-order valence-corrected chi connectivity index (χ1v) is 5.44. The molecule has 0 heterocycles. The molecule has 0 aromatic heterocycles. The number of carbonyl (C=O) groups excluding carboxylic acids is 1. The summed E-state index contributed by atoms with van der Waals surface area (Å²) in [5.41, 5.74) is 5.74. The predicted octanol–water partition coefficient (Wildman–Crippen LogP) is 2.12. The minimum Gasteiger partial charge on any atom is -0.322 e. The molecule has 2 heteroatoms. The summed E-state index contributed by atoms with van der Waals surface area (Å²) in [5.74, 6) is 1.28. The number of hydrogen-bond donors (Lipinski definition) is 1. The molecule has 1 saturated carbocycles. The van der Waals surface area contributed by atoms with Gasteiger partial charge in [-0.05, 0) is 25.2 Å². The van der Waals surface area contributed by atoms with Gasteiger partial charge in [-0.2, -0.15) is 0 Å². The van der Waals surface area contributed by atoms with Crippen molar-refractivity contribution in [1.82, 2.24) is 0 Å². The molecule has 1 fully saturated rings. The van der Waals surface area contributed by atoms with Gasteiger partial charge in [-0.25, -0.2) is 0 Å². The SMILES string of the molecule is CCC(N)C(=O)C1CCCC(C)C1. The Bertz CT molecular complexity index is 179. The Morgan fingerprint density at radius 2 is 2.23 bits per heavy atom. The molecule has 0 aliphatic heterocycles. The maximum atomic E-state index is 11.7. The molecule has 1 aliphatic carbocycles. The standard InChI is InChI=1S/C11H21NO/c1-3-10(12)11(13)9-6-4-5-8(2)7-9/h8-10H,3-7,12H2,1-2H3. The molecule has 0 aromatic rings. The van der Waals surface area contributed by atoms with E-state index in [0.717, 1.165) is 19.3 Å². The fourth-order valence-corrected chi connectivity index (χ4v) is 2.20. The summed E-state index contributed by atoms with van der Waals surface area (Å²) >= 11 is 0. The van der Waals surface area contributed by atoms with E-state index in [9.17, 15) is 4.79 Å². The van der Waals surface area contributed by atoms with Crippen molar-refractivity contribution < 1.29 is 4.79 Å². The lowest BCUT2D eigenvalue weighted by molar-refractivity contribution is -0.125. The van der Waals surface area contributed by atoms with Crippen LogP contribution in [0.25, 0.3) is 0 Å². The Hall–Kier alpha value is -0.370. The van der Waals surface area contributed by atoms with Crippen molar-refractivity contribution in [3.05, 3.63) is 0 Å². The third-order valence-corrected chi connectivity index (χ3v) is 3.14. The van der Waals surface area contributed by atoms with Gasteiger partial charge < -0.3 is 5.73 Å². The highest BCUT2D eigenvalue weighted by Gasteiger charge is 2.27. The molecule has 3 atom stereocenters. The van der Waals surface area contributed by atoms with E-state index in [1.807, 2.05) is 6.92 Å². The molecule has 0 radical (unpaired) electrons. The molecule has 13 heavy (non-hydrogen) atoms. The van der Waals surface area contributed by atoms with E-state index in [4.69, 9.17) is 5.73 Å². The minimum absolute atomic E-state index is 0.213. The summed E-state index contributed by atoms with van der Waals surface area (Å²) in [6.45, 7) is 4.21. The fourth-order valence-electron chi connectivity index (χ4n) is 2.20. The zero-order chi connectivity index (χ0) is 9.84. The van der Waals surface area contributed by atoms with Crippen molar-refractivity contribution in [2.45, 2.75) is 52.0 Å². The summed E-state index contributed by atoms with van der Waals surface area (Å²) < 4.78 is 0. The average Bonchev–Trinajstić information content (AvgIpc) is 2.15. The smallest absolute Gasteiger partial charge is 0.152 e. The van der Waals surface area contributed by atoms with E-state index in [1.54, 1.807) is 0 Å². The summed E-state index contributed by atoms with van der Waals surface area (Å²) in [6, 6.07) is -0.213. The van der Waals surface area contributed by atoms with Crippen LogP contribution in [0.3, 0.4) is 0 Å². The number of hydrogen-bond acceptors (Lipinski definition) is 2. The van der Waals surface area contributed by atoms with Gasteiger partial charge in [0.2, 0.25) is 0 Å². The second kappa shape index (κ2) is 4.75. The highest BCUT2D eigenvalue weighted by Crippen LogP contribution is 2.29. The molecule has 2 N–H and O–H groups in total. The first-order valence-electron chi connectivity index (χ1n) is 5.44. The summed E-state index contributed by atoms with van der Waals surface area (Å²) in [4.78, 5) is 11.7. The van der Waals surface area contributed by atoms with E-state index in [0.29, 0.717) is 11.7 Å². The number of ketones is 1. The average molecular weight is 183 g/mol. The molecule has 0 saturated heterocycles. The number of rotatable bonds is 3. The fraction of sp³-hybridized carbons (Fsp3) is 0.909. The molecule has 1 rings (SSSR count). The van der Waals surface area contributed by atoms with Gasteiger partial charge in [-0.3, -0.25) is 4.79 Å². The predicted molar refractivity (Wildman–Crippen MR) is 54.4 cm³/mol. The van der Waals surface area contributed by atoms with Crippen LogP contribution in [0.5, 0.6) is 0 Å². The van der Waals surface area contributed by atoms with E-state index in [2.05, 4.69) is 6.92 Å². The van der Waals surface area contributed by atoms with Crippen LogP contribution in [0.4, 0.5) is 0 Å². The van der Waals surface area contributed by atoms with Gasteiger partial charge in [-0.1, -0.05) is 26.7 Å². The van der Waals surface area contributed by atoms with Gasteiger partial charge in [0.25, 0.3) is 0 Å². The van der Waals surface area contributed by atoms with Crippen molar-refractivity contribution in [2.75, 3.05) is 0 Å². The highest BCUT2D eigenvalue weighted by atomic mass is 16.1. The van der Waals surface area contributed by atoms with Crippen molar-refractivity contribution in [3.63, 3.8) is 0 Å². The van der Waals surface area contributed by atoms with Gasteiger partial charge in [0.05, 0.1) is 6.04 Å². The molecule has 0 spiro atoms. The monoisotopic (exact) mass is 183 g/mol. The van der Waals surface area contributed by atoms with E-state index in [1.165, 1.54) is 12.8 Å². The van der Waals surface area contributed by atoms with Crippen molar-refractivity contribution >= 4 is 5.78 Å². The molecule has 76 valence electrons. The zero-order valence-corrected chi connectivity index (χ0v) is 8.75. The van der Waals surface area contributed by atoms with Gasteiger partial charge >= 0.3 is 0 Å². The van der Waals surface area contributed by atoms with Gasteiger partial charge in [-0.15, -0.1) is 0 Å². The Balaban J connectivity index is 2.46. The molecular weight excluding hydrogens is 162 g/mol. The maximum absolute atomic E-state index is 11.7. The normalized spacial score (nSPS) is 31.3. The van der Waals surface area contributed by atoms with Crippen molar-refractivity contribution in [1.29, 1.82) is 0 Å². The second-order valence-electron chi connectivity index (χ2n) is 4.39. The van der Waals surface area contributed by atoms with E-state index in [-0.39, 0.29) is 12.0 Å².